The molecule has 2 fully saturated rings. The quantitative estimate of drug-likeness (QED) is 0.631. The smallest absolute Gasteiger partial charge is 0.243 e. The molecule has 2 saturated heterocycles. The average Bonchev–Trinajstić information content (AvgIpc) is 3.36. The van der Waals surface area contributed by atoms with Gasteiger partial charge in [0, 0.05) is 0 Å². The summed E-state index contributed by atoms with van der Waals surface area (Å²) in [6.45, 7) is 2.19. The van der Waals surface area contributed by atoms with E-state index in [1.54, 1.807) is 0 Å². The Kier molecular flexibility index (Phi) is 4.36. The number of rotatable bonds is 2. The largest absolute Gasteiger partial charge is 0.320 e. The van der Waals surface area contributed by atoms with Gasteiger partial charge in [-0.1, -0.05) is 60.7 Å². The molecule has 2 unspecified atom stereocenters. The summed E-state index contributed by atoms with van der Waals surface area (Å²) in [5.41, 5.74) is 2.08. The Labute approximate surface area is 152 Å². The molecular weight excluding hydrogens is 370 g/mol. The predicted molar refractivity (Wildman–Crippen MR) is 101 cm³/mol. The first-order valence-corrected chi connectivity index (χ1v) is 12.0. The molecule has 26 heavy (non-hydrogen) atoms. The Morgan fingerprint density at radius 1 is 0.577 bits per heavy atom. The first-order chi connectivity index (χ1) is 12.8. The Morgan fingerprint density at radius 2 is 0.923 bits per heavy atom. The molecule has 3 aliphatic heterocycles. The maximum atomic E-state index is 6.14. The third kappa shape index (κ3) is 2.73. The van der Waals surface area contributed by atoms with E-state index in [1.165, 1.54) is 0 Å². The van der Waals surface area contributed by atoms with Crippen molar-refractivity contribution in [3.8, 4) is 0 Å². The van der Waals surface area contributed by atoms with Crippen molar-refractivity contribution in [1.29, 1.82) is 0 Å². The molecule has 0 N–H and O–H groups in total. The molecule has 0 saturated carbocycles. The molecular formula is C18H20N2O4P2. The predicted octanol–water partition coefficient (Wildman–Crippen LogP) is 5.55. The summed E-state index contributed by atoms with van der Waals surface area (Å²) in [4.78, 5) is 0. The fraction of sp³-hybridized carbons (Fsp3) is 0.333. The summed E-state index contributed by atoms with van der Waals surface area (Å²) in [5, 5.41) is 0. The van der Waals surface area contributed by atoms with E-state index in [9.17, 15) is 0 Å². The fourth-order valence-electron chi connectivity index (χ4n) is 3.48. The van der Waals surface area contributed by atoms with E-state index in [0.717, 1.165) is 11.1 Å². The van der Waals surface area contributed by atoms with Gasteiger partial charge >= 0.3 is 0 Å². The Morgan fingerprint density at radius 3 is 1.27 bits per heavy atom. The first-order valence-electron chi connectivity index (χ1n) is 8.72. The number of hydrogen-bond donors (Lipinski definition) is 0. The zero-order valence-electron chi connectivity index (χ0n) is 14.2. The normalized spacial score (nSPS) is 28.8. The van der Waals surface area contributed by atoms with Gasteiger partial charge in [0.25, 0.3) is 0 Å². The van der Waals surface area contributed by atoms with Crippen LogP contribution in [0.25, 0.3) is 0 Å². The average molecular weight is 390 g/mol. The molecule has 3 heterocycles. The van der Waals surface area contributed by atoms with Gasteiger partial charge in [0.05, 0.1) is 26.4 Å². The standard InChI is InChI=1S/C18H20N2O4P2/c1-3-7-15(8-4-1)17-19-26(23-13-14-24-26)18(16-9-5-2-6-10-16)20-25(17)21-11-12-22-25/h1-10,17-18H,11-14H2. The molecule has 0 amide bonds. The summed E-state index contributed by atoms with van der Waals surface area (Å²) in [6, 6.07) is 20.2. The van der Waals surface area contributed by atoms with Crippen LogP contribution in [0.5, 0.6) is 0 Å². The lowest BCUT2D eigenvalue weighted by Gasteiger charge is -2.36. The van der Waals surface area contributed by atoms with Crippen molar-refractivity contribution in [2.45, 2.75) is 11.6 Å². The van der Waals surface area contributed by atoms with Crippen molar-refractivity contribution in [2.24, 2.45) is 9.49 Å². The molecule has 2 atom stereocenters. The molecule has 2 aromatic carbocycles. The van der Waals surface area contributed by atoms with E-state index in [0.29, 0.717) is 26.4 Å². The molecule has 2 spiro atoms. The molecule has 0 aliphatic carbocycles. The van der Waals surface area contributed by atoms with Crippen molar-refractivity contribution in [3.05, 3.63) is 71.8 Å². The summed E-state index contributed by atoms with van der Waals surface area (Å²) < 4.78 is 34.8. The zero-order valence-corrected chi connectivity index (χ0v) is 16.0. The number of hydrogen-bond acceptors (Lipinski definition) is 6. The van der Waals surface area contributed by atoms with Crippen LogP contribution in [0.3, 0.4) is 0 Å². The SMILES string of the molecule is c1ccc(C2N=P3(OCCO3)C(c3ccccc3)N=P23OCCO3)cc1. The van der Waals surface area contributed by atoms with Crippen LogP contribution in [0.2, 0.25) is 0 Å². The molecule has 2 aromatic rings. The summed E-state index contributed by atoms with van der Waals surface area (Å²) in [6.07, 6.45) is 0. The van der Waals surface area contributed by atoms with E-state index < -0.39 is 15.0 Å². The van der Waals surface area contributed by atoms with Gasteiger partial charge < -0.3 is 18.1 Å². The lowest BCUT2D eigenvalue weighted by atomic mass is 10.2. The van der Waals surface area contributed by atoms with Gasteiger partial charge in [-0.3, -0.25) is 0 Å². The second-order valence-electron chi connectivity index (χ2n) is 6.26. The van der Waals surface area contributed by atoms with E-state index >= 15 is 0 Å². The highest BCUT2D eigenvalue weighted by molar-refractivity contribution is 7.62. The molecule has 0 bridgehead atoms. The van der Waals surface area contributed by atoms with Crippen LogP contribution in [0.1, 0.15) is 22.7 Å². The van der Waals surface area contributed by atoms with Crippen LogP contribution in [-0.4, -0.2) is 26.4 Å². The van der Waals surface area contributed by atoms with Crippen LogP contribution in [-0.2, 0) is 18.1 Å². The van der Waals surface area contributed by atoms with Crippen molar-refractivity contribution >= 4 is 15.0 Å². The molecule has 8 heteroatoms. The van der Waals surface area contributed by atoms with Crippen LogP contribution < -0.4 is 0 Å². The van der Waals surface area contributed by atoms with Gasteiger partial charge in [-0.2, -0.15) is 0 Å². The van der Waals surface area contributed by atoms with E-state index in [-0.39, 0.29) is 11.6 Å². The highest BCUT2D eigenvalue weighted by Crippen LogP contribution is 2.80. The molecule has 0 radical (unpaired) electrons. The minimum atomic E-state index is -2.55. The monoisotopic (exact) mass is 390 g/mol. The van der Waals surface area contributed by atoms with E-state index in [4.69, 9.17) is 27.6 Å². The second-order valence-corrected chi connectivity index (χ2v) is 11.0. The maximum Gasteiger partial charge on any atom is 0.243 e. The Hall–Kier alpha value is -1.26. The minimum absolute atomic E-state index is 0.294. The van der Waals surface area contributed by atoms with E-state index in [1.807, 2.05) is 60.7 Å². The van der Waals surface area contributed by atoms with Crippen LogP contribution in [0.4, 0.5) is 0 Å². The third-order valence-electron chi connectivity index (χ3n) is 4.63. The van der Waals surface area contributed by atoms with Gasteiger partial charge in [-0.25, -0.2) is 9.49 Å². The first kappa shape index (κ1) is 16.9. The minimum Gasteiger partial charge on any atom is -0.320 e. The van der Waals surface area contributed by atoms with Gasteiger partial charge in [-0.15, -0.1) is 0 Å². The van der Waals surface area contributed by atoms with Crippen molar-refractivity contribution in [3.63, 3.8) is 0 Å². The Balaban J connectivity index is 1.71. The molecule has 5 rings (SSSR count). The summed E-state index contributed by atoms with van der Waals surface area (Å²) in [5.74, 6) is -0.588. The van der Waals surface area contributed by atoms with Gasteiger partial charge in [0.2, 0.25) is 15.0 Å². The van der Waals surface area contributed by atoms with Crippen LogP contribution >= 0.6 is 15.0 Å². The van der Waals surface area contributed by atoms with Gasteiger partial charge in [-0.05, 0) is 11.1 Å². The highest BCUT2D eigenvalue weighted by atomic mass is 31.2. The molecule has 6 nitrogen and oxygen atoms in total. The van der Waals surface area contributed by atoms with Gasteiger partial charge in [0.1, 0.15) is 0 Å². The van der Waals surface area contributed by atoms with Crippen LogP contribution in [0, 0.1) is 0 Å². The number of benzene rings is 2. The molecule has 3 aliphatic rings. The summed E-state index contributed by atoms with van der Waals surface area (Å²) in [7, 11) is -5.09. The maximum absolute atomic E-state index is 6.14. The Bertz CT molecular complexity index is 808. The molecule has 0 aromatic heterocycles. The van der Waals surface area contributed by atoms with Crippen molar-refractivity contribution < 1.29 is 18.1 Å². The lowest BCUT2D eigenvalue weighted by Crippen LogP contribution is -2.09. The van der Waals surface area contributed by atoms with Crippen LogP contribution in [0.15, 0.2) is 70.2 Å². The third-order valence-corrected chi connectivity index (χ3v) is 10.4. The molecule has 136 valence electrons. The topological polar surface area (TPSA) is 61.6 Å². The van der Waals surface area contributed by atoms with E-state index in [2.05, 4.69) is 0 Å². The summed E-state index contributed by atoms with van der Waals surface area (Å²) >= 11 is 0. The van der Waals surface area contributed by atoms with Crippen molar-refractivity contribution in [1.82, 2.24) is 0 Å². The highest BCUT2D eigenvalue weighted by Gasteiger charge is 2.50. The number of nitrogens with zero attached hydrogens (tertiary/aromatic N) is 2. The lowest BCUT2D eigenvalue weighted by molar-refractivity contribution is 0.365. The zero-order chi connectivity index (χ0) is 17.5. The fourth-order valence-corrected chi connectivity index (χ4v) is 9.94. The van der Waals surface area contributed by atoms with Crippen molar-refractivity contribution in [2.75, 3.05) is 26.4 Å². The van der Waals surface area contributed by atoms with Gasteiger partial charge in [0.15, 0.2) is 11.6 Å². The second kappa shape index (κ2) is 6.72.